The second-order valence-electron chi connectivity index (χ2n) is 31.9. The van der Waals surface area contributed by atoms with E-state index < -0.39 is 0 Å². The van der Waals surface area contributed by atoms with Crippen LogP contribution in [0.2, 0.25) is 0 Å². The minimum Gasteiger partial charge on any atom is -0.208 e. The summed E-state index contributed by atoms with van der Waals surface area (Å²) in [5, 5.41) is 19.7. The van der Waals surface area contributed by atoms with E-state index in [9.17, 15) is 0 Å². The predicted molar refractivity (Wildman–Crippen MR) is 530 cm³/mol. The fourth-order valence-electron chi connectivity index (χ4n) is 17.4. The van der Waals surface area contributed by atoms with Crippen LogP contribution in [0.1, 0.15) is 0 Å². The van der Waals surface area contributed by atoms with Crippen molar-refractivity contribution in [3.63, 3.8) is 0 Å². The van der Waals surface area contributed by atoms with Crippen molar-refractivity contribution in [3.8, 4) is 147 Å². The molecule has 9 heteroatoms. The number of hydrogen-bond acceptors (Lipinski definition) is 9. The molecule has 0 bridgehead atoms. The van der Waals surface area contributed by atoms with Gasteiger partial charge in [0.15, 0.2) is 52.4 Å². The molecule has 0 radical (unpaired) electrons. The fraction of sp³-hybridized carbons (Fsp3) is 0. The molecule has 0 unspecified atom stereocenters. The van der Waals surface area contributed by atoms with Crippen molar-refractivity contribution in [1.29, 1.82) is 0 Å². The maximum Gasteiger partial charge on any atom is 0.164 e. The summed E-state index contributed by atoms with van der Waals surface area (Å²) in [5.74, 6) is 5.91. The Morgan fingerprint density at radius 3 is 0.828 bits per heavy atom. The van der Waals surface area contributed by atoms with Gasteiger partial charge in [0.05, 0.1) is 0 Å². The van der Waals surface area contributed by atoms with Gasteiger partial charge in [-0.15, -0.1) is 0 Å². The molecule has 21 aromatic carbocycles. The van der Waals surface area contributed by atoms with Crippen molar-refractivity contribution in [2.24, 2.45) is 0 Å². The summed E-state index contributed by atoms with van der Waals surface area (Å²) in [6.45, 7) is 0. The molecule has 0 saturated carbocycles. The van der Waals surface area contributed by atoms with Crippen molar-refractivity contribution in [3.05, 3.63) is 467 Å². The van der Waals surface area contributed by atoms with Gasteiger partial charge in [-0.2, -0.15) is 0 Å². The highest BCUT2D eigenvalue weighted by molar-refractivity contribution is 6.14. The fourth-order valence-corrected chi connectivity index (χ4v) is 17.4. The van der Waals surface area contributed by atoms with E-state index in [2.05, 4.69) is 370 Å². The molecule has 0 spiro atoms. The Morgan fingerprint density at radius 2 is 0.336 bits per heavy atom. The molecule has 0 atom stereocenters. The summed E-state index contributed by atoms with van der Waals surface area (Å²) >= 11 is 0. The monoisotopic (exact) mass is 1630 g/mol. The van der Waals surface area contributed by atoms with Crippen LogP contribution in [0.5, 0.6) is 0 Å². The van der Waals surface area contributed by atoms with Crippen LogP contribution in [-0.2, 0) is 0 Å². The molecule has 598 valence electrons. The van der Waals surface area contributed by atoms with Crippen LogP contribution in [0, 0.1) is 0 Å². The van der Waals surface area contributed by atoms with Crippen LogP contribution in [0.25, 0.3) is 233 Å². The van der Waals surface area contributed by atoms with Gasteiger partial charge in [-0.05, 0) is 161 Å². The summed E-state index contributed by atoms with van der Waals surface area (Å²) in [5.41, 5.74) is 18.0. The van der Waals surface area contributed by atoms with Gasteiger partial charge < -0.3 is 0 Å². The summed E-state index contributed by atoms with van der Waals surface area (Å²) in [6.07, 6.45) is 0. The molecule has 3 aromatic heterocycles. The molecule has 3 heterocycles. The second-order valence-corrected chi connectivity index (χ2v) is 31.9. The third-order valence-corrected chi connectivity index (χ3v) is 23.9. The Bertz CT molecular complexity index is 8280. The highest BCUT2D eigenvalue weighted by Crippen LogP contribution is 2.40. The van der Waals surface area contributed by atoms with E-state index in [1.165, 1.54) is 86.7 Å². The first-order valence-electron chi connectivity index (χ1n) is 43.0. The van der Waals surface area contributed by atoms with Gasteiger partial charge in [-0.25, -0.2) is 44.9 Å². The largest absolute Gasteiger partial charge is 0.208 e. The third kappa shape index (κ3) is 15.7. The van der Waals surface area contributed by atoms with Gasteiger partial charge in [0.2, 0.25) is 0 Å². The third-order valence-electron chi connectivity index (χ3n) is 23.9. The van der Waals surface area contributed by atoms with E-state index in [4.69, 9.17) is 44.9 Å². The lowest BCUT2D eigenvalue weighted by atomic mass is 9.93. The number of benzene rings is 21. The minimum atomic E-state index is 0.649. The molecule has 0 saturated heterocycles. The molecule has 0 fully saturated rings. The topological polar surface area (TPSA) is 116 Å². The summed E-state index contributed by atoms with van der Waals surface area (Å²) in [6, 6.07) is 163. The molecule has 9 nitrogen and oxygen atoms in total. The van der Waals surface area contributed by atoms with Crippen molar-refractivity contribution >= 4 is 86.2 Å². The van der Waals surface area contributed by atoms with E-state index in [-0.39, 0.29) is 0 Å². The first kappa shape index (κ1) is 76.8. The summed E-state index contributed by atoms with van der Waals surface area (Å²) in [4.78, 5) is 44.6. The Kier molecular flexibility index (Phi) is 20.5. The van der Waals surface area contributed by atoms with Gasteiger partial charge in [-0.3, -0.25) is 0 Å². The van der Waals surface area contributed by atoms with Gasteiger partial charge >= 0.3 is 0 Å². The quantitative estimate of drug-likeness (QED) is 0.104. The van der Waals surface area contributed by atoms with Gasteiger partial charge in [0, 0.05) is 50.1 Å². The predicted octanol–water partition coefficient (Wildman–Crippen LogP) is 30.5. The lowest BCUT2D eigenvalue weighted by Crippen LogP contribution is -2.00. The normalized spacial score (nSPS) is 11.3. The Morgan fingerprint density at radius 1 is 0.0938 bits per heavy atom. The highest BCUT2D eigenvalue weighted by atomic mass is 15.1. The number of aromatic nitrogens is 9. The average Bonchev–Trinajstić information content (AvgIpc) is 0.765. The number of nitrogens with zero attached hydrogens (tertiary/aromatic N) is 9. The van der Waals surface area contributed by atoms with Crippen LogP contribution >= 0.6 is 0 Å². The lowest BCUT2D eigenvalue weighted by Gasteiger charge is -2.12. The Hall–Kier alpha value is -17.3. The molecule has 128 heavy (non-hydrogen) atoms. The van der Waals surface area contributed by atoms with Crippen molar-refractivity contribution in [2.75, 3.05) is 0 Å². The van der Waals surface area contributed by atoms with Crippen molar-refractivity contribution < 1.29 is 0 Å². The minimum absolute atomic E-state index is 0.649. The van der Waals surface area contributed by atoms with Crippen LogP contribution in [-0.4, -0.2) is 44.9 Å². The molecule has 24 rings (SSSR count). The molecule has 0 amide bonds. The maximum atomic E-state index is 5.00. The smallest absolute Gasteiger partial charge is 0.164 e. The van der Waals surface area contributed by atoms with E-state index in [0.717, 1.165) is 94.0 Å². The molecule has 0 N–H and O–H groups in total. The summed E-state index contributed by atoms with van der Waals surface area (Å²) < 4.78 is 0. The Labute approximate surface area is 740 Å². The summed E-state index contributed by atoms with van der Waals surface area (Å²) in [7, 11) is 0. The van der Waals surface area contributed by atoms with Crippen molar-refractivity contribution in [2.45, 2.75) is 0 Å². The second kappa shape index (κ2) is 34.2. The average molecular weight is 1630 g/mol. The lowest BCUT2D eigenvalue weighted by molar-refractivity contribution is 1.07. The van der Waals surface area contributed by atoms with Gasteiger partial charge in [0.1, 0.15) is 0 Å². The molecule has 24 aromatic rings. The van der Waals surface area contributed by atoms with Crippen LogP contribution in [0.4, 0.5) is 0 Å². The molecule has 0 aliphatic heterocycles. The number of rotatable bonds is 13. The SMILES string of the molecule is c1ccc(-c2ccc(-c3nc(-c4ccccc4)nc(-c4ccc(-c5cc6ccccc6c6ccccc56)cc4)n3)cc2)cc1.c1ccc(-c2nc(-c3ccc(-c4ccc5c(ccc6ccccc65)c4)cc3)nc(-c3cccc4ccccc34)n2)cc1.c1ccc(-c2nc(-c3cccc(-c4ccc5c(ccc6ccccc65)c4)c3)nc(-c3ccc4ccccc4c3)n2)cc1. The number of fused-ring (bicyclic) bond motifs is 11. The zero-order valence-electron chi connectivity index (χ0n) is 69.5. The molecular formula is C119H77N9. The first-order valence-corrected chi connectivity index (χ1v) is 43.0. The molecule has 0 aliphatic carbocycles. The van der Waals surface area contributed by atoms with E-state index in [1.807, 2.05) is 97.1 Å². The van der Waals surface area contributed by atoms with Gasteiger partial charge in [-0.1, -0.05) is 437 Å². The zero-order chi connectivity index (χ0) is 85.1. The zero-order valence-corrected chi connectivity index (χ0v) is 69.5. The van der Waals surface area contributed by atoms with E-state index in [1.54, 1.807) is 0 Å². The highest BCUT2D eigenvalue weighted by Gasteiger charge is 2.20. The standard InChI is InChI=1S/C41H27N3.2C39H25N3/c1-3-11-28(12-4-1)29-19-23-32(24-20-29)40-42-39(31-13-5-2-6-14-31)43-41(44-40)33-25-21-30(22-26-33)38-27-34-15-7-8-16-35(34)36-17-9-10-18-37(36)38;1-2-11-29(12-3-1)37-40-38(42-39(41-37)36-16-8-13-27-9-4-7-15-34(27)36)30-20-17-26(18-21-30)31-23-24-35-32(25-31)22-19-28-10-5-6-14-33(28)35;1-2-11-28(12-3-1)37-40-38(42-39(41-37)34-20-17-26-9-4-5-13-29(26)24-34)33-15-8-14-30(25-33)31-21-22-36-32(23-31)19-18-27-10-6-7-16-35(27)36/h1-27H;2*1-25H. The first-order chi connectivity index (χ1) is 63.4. The van der Waals surface area contributed by atoms with Crippen LogP contribution in [0.3, 0.4) is 0 Å². The molecule has 0 aliphatic rings. The molecular weight excluding hydrogens is 1560 g/mol. The van der Waals surface area contributed by atoms with Crippen LogP contribution in [0.15, 0.2) is 467 Å². The number of hydrogen-bond donors (Lipinski definition) is 0. The van der Waals surface area contributed by atoms with E-state index in [0.29, 0.717) is 52.4 Å². The van der Waals surface area contributed by atoms with Crippen molar-refractivity contribution in [1.82, 2.24) is 44.9 Å². The Balaban J connectivity index is 0.000000113. The van der Waals surface area contributed by atoms with E-state index >= 15 is 0 Å². The van der Waals surface area contributed by atoms with Crippen LogP contribution < -0.4 is 0 Å². The van der Waals surface area contributed by atoms with Gasteiger partial charge in [0.25, 0.3) is 0 Å². The maximum absolute atomic E-state index is 5.00.